The van der Waals surface area contributed by atoms with E-state index in [0.717, 1.165) is 5.92 Å². The van der Waals surface area contributed by atoms with Crippen molar-refractivity contribution in [2.75, 3.05) is 80.5 Å². The van der Waals surface area contributed by atoms with Crippen LogP contribution in [0.1, 0.15) is 67.9 Å². The Labute approximate surface area is 217 Å². The van der Waals surface area contributed by atoms with Gasteiger partial charge in [0, 0.05) is 38.3 Å². The molecular formula is C29H66N5+. The predicted octanol–water partition coefficient (Wildman–Crippen LogP) is 5.29. The van der Waals surface area contributed by atoms with Crippen LogP contribution >= 0.6 is 0 Å². The van der Waals surface area contributed by atoms with E-state index in [9.17, 15) is 0 Å². The van der Waals surface area contributed by atoms with E-state index in [1.54, 1.807) is 0 Å². The number of rotatable bonds is 0. The molecule has 206 valence electrons. The van der Waals surface area contributed by atoms with Crippen molar-refractivity contribution >= 4 is 0 Å². The third kappa shape index (κ3) is 21.5. The van der Waals surface area contributed by atoms with Crippen LogP contribution in [0.2, 0.25) is 0 Å². The molecule has 0 aliphatic carbocycles. The van der Waals surface area contributed by atoms with Crippen LogP contribution in [0.4, 0.5) is 0 Å². The first kappa shape index (κ1) is 40.2. The van der Waals surface area contributed by atoms with Gasteiger partial charge in [-0.15, -0.1) is 0 Å². The lowest BCUT2D eigenvalue weighted by Crippen LogP contribution is -2.42. The number of piperazine rings is 1. The van der Waals surface area contributed by atoms with E-state index in [4.69, 9.17) is 0 Å². The molecule has 0 aromatic carbocycles. The van der Waals surface area contributed by atoms with E-state index in [1.807, 2.05) is 24.0 Å². The molecule has 5 nitrogen and oxygen atoms in total. The lowest BCUT2D eigenvalue weighted by Gasteiger charge is -2.28. The van der Waals surface area contributed by atoms with Gasteiger partial charge in [-0.25, -0.2) is 4.57 Å². The molecular weight excluding hydrogens is 418 g/mol. The predicted molar refractivity (Wildman–Crippen MR) is 157 cm³/mol. The van der Waals surface area contributed by atoms with Crippen molar-refractivity contribution in [3.63, 3.8) is 0 Å². The molecule has 3 saturated heterocycles. The third-order valence-electron chi connectivity index (χ3n) is 6.21. The summed E-state index contributed by atoms with van der Waals surface area (Å²) in [6, 6.07) is 4.17. The topological polar surface area (TPSA) is 16.8 Å². The molecule has 0 spiro atoms. The van der Waals surface area contributed by atoms with Gasteiger partial charge in [-0.05, 0) is 98.5 Å². The highest BCUT2D eigenvalue weighted by Crippen LogP contribution is 2.13. The number of hydrogen-bond acceptors (Lipinski definition) is 4. The number of nitrogens with zero attached hydrogens (tertiary/aromatic N) is 5. The first-order valence-electron chi connectivity index (χ1n) is 11.9. The maximum absolute atomic E-state index is 2.40. The van der Waals surface area contributed by atoms with E-state index in [-0.39, 0.29) is 29.7 Å². The van der Waals surface area contributed by atoms with Gasteiger partial charge in [0.1, 0.15) is 7.05 Å². The van der Waals surface area contributed by atoms with Crippen molar-refractivity contribution in [1.82, 2.24) is 19.6 Å². The summed E-state index contributed by atoms with van der Waals surface area (Å²) in [6.45, 7) is 14.6. The maximum atomic E-state index is 2.40. The number of aryl methyl sites for hydroxylation is 2. The standard InChI is InChI=1S/C7H15N.C7H10N.C6H14N2.C5H11N.4CH4/c3*1-7-3-5-8(2)6-4-7;1-6-4-2-3-5-6;;;;/h7H,3-6H2,1-2H3;3-6H,1-2H3;3-6H2,1-2H3;2-5H2,1H3;4*1H4/q;+1;;;;;;. The normalized spacial score (nSPS) is 19.0. The highest BCUT2D eigenvalue weighted by molar-refractivity contribution is 5.02. The monoisotopic (exact) mass is 485 g/mol. The Morgan fingerprint density at radius 1 is 0.618 bits per heavy atom. The average Bonchev–Trinajstić information content (AvgIpc) is 3.21. The molecule has 0 N–H and O–H groups in total. The number of pyridine rings is 1. The fourth-order valence-corrected chi connectivity index (χ4v) is 3.49. The summed E-state index contributed by atoms with van der Waals surface area (Å²) in [5.41, 5.74) is 1.31. The third-order valence-corrected chi connectivity index (χ3v) is 6.21. The lowest BCUT2D eigenvalue weighted by atomic mass is 10.00. The fourth-order valence-electron chi connectivity index (χ4n) is 3.49. The molecule has 0 unspecified atom stereocenters. The fraction of sp³-hybridized carbons (Fsp3) is 0.828. The molecule has 1 aromatic heterocycles. The summed E-state index contributed by atoms with van der Waals surface area (Å²) < 4.78 is 2.02. The second-order valence-corrected chi connectivity index (χ2v) is 9.64. The number of piperidine rings is 1. The summed E-state index contributed by atoms with van der Waals surface area (Å²) in [7, 11) is 10.7. The highest BCUT2D eigenvalue weighted by Gasteiger charge is 2.10. The zero-order valence-corrected chi connectivity index (χ0v) is 21.1. The summed E-state index contributed by atoms with van der Waals surface area (Å²) in [5, 5.41) is 0. The number of hydrogen-bond donors (Lipinski definition) is 0. The van der Waals surface area contributed by atoms with Crippen LogP contribution in [0.5, 0.6) is 0 Å². The van der Waals surface area contributed by atoms with Gasteiger partial charge in [0.05, 0.1) is 0 Å². The Morgan fingerprint density at radius 2 is 0.941 bits per heavy atom. The average molecular weight is 485 g/mol. The first-order valence-corrected chi connectivity index (χ1v) is 11.9. The minimum atomic E-state index is 0. The van der Waals surface area contributed by atoms with Gasteiger partial charge in [0.2, 0.25) is 0 Å². The first-order chi connectivity index (χ1) is 14.3. The second-order valence-electron chi connectivity index (χ2n) is 9.64. The van der Waals surface area contributed by atoms with Crippen molar-refractivity contribution in [3.8, 4) is 0 Å². The largest absolute Gasteiger partial charge is 0.306 e. The number of likely N-dealkylation sites (N-methyl/N-ethyl adjacent to an activating group) is 2. The number of aromatic nitrogens is 1. The number of likely N-dealkylation sites (tertiary alicyclic amines) is 2. The quantitative estimate of drug-likeness (QED) is 0.465. The van der Waals surface area contributed by atoms with Crippen molar-refractivity contribution in [1.29, 1.82) is 0 Å². The lowest BCUT2D eigenvalue weighted by molar-refractivity contribution is -0.671. The molecule has 5 heteroatoms. The Balaban J connectivity index is -0.000000171. The van der Waals surface area contributed by atoms with E-state index in [0.29, 0.717) is 0 Å². The van der Waals surface area contributed by atoms with Gasteiger partial charge in [-0.2, -0.15) is 0 Å². The van der Waals surface area contributed by atoms with E-state index >= 15 is 0 Å². The van der Waals surface area contributed by atoms with E-state index < -0.39 is 0 Å². The van der Waals surface area contributed by atoms with Gasteiger partial charge >= 0.3 is 0 Å². The maximum Gasteiger partial charge on any atom is 0.168 e. The minimum absolute atomic E-state index is 0. The summed E-state index contributed by atoms with van der Waals surface area (Å²) in [5.74, 6) is 0.978. The van der Waals surface area contributed by atoms with Gasteiger partial charge in [-0.3, -0.25) is 0 Å². The zero-order chi connectivity index (χ0) is 22.4. The van der Waals surface area contributed by atoms with Crippen LogP contribution in [-0.2, 0) is 7.05 Å². The van der Waals surface area contributed by atoms with Gasteiger partial charge in [-0.1, -0.05) is 36.6 Å². The SMILES string of the molecule is C.C.C.C.CC1CCN(C)CC1.CN1CCCC1.CN1CCN(C)CC1.Cc1cc[n+](C)cc1. The molecule has 0 radical (unpaired) electrons. The Bertz CT molecular complexity index is 451. The zero-order valence-electron chi connectivity index (χ0n) is 21.1. The molecule has 3 aliphatic heterocycles. The molecule has 4 heterocycles. The van der Waals surface area contributed by atoms with Crippen molar-refractivity contribution in [2.45, 2.75) is 69.2 Å². The Morgan fingerprint density at radius 3 is 1.21 bits per heavy atom. The Kier molecular flexibility index (Phi) is 28.0. The summed E-state index contributed by atoms with van der Waals surface area (Å²) in [4.78, 5) is 9.49. The van der Waals surface area contributed by atoms with E-state index in [2.05, 4.69) is 73.8 Å². The molecule has 4 rings (SSSR count). The second kappa shape index (κ2) is 23.7. The molecule has 3 fully saturated rings. The van der Waals surface area contributed by atoms with E-state index in [1.165, 1.54) is 83.6 Å². The van der Waals surface area contributed by atoms with Crippen LogP contribution in [0.3, 0.4) is 0 Å². The van der Waals surface area contributed by atoms with Crippen molar-refractivity contribution in [2.24, 2.45) is 13.0 Å². The molecule has 3 aliphatic rings. The van der Waals surface area contributed by atoms with Gasteiger partial charge < -0.3 is 19.6 Å². The van der Waals surface area contributed by atoms with Crippen LogP contribution in [0.25, 0.3) is 0 Å². The van der Waals surface area contributed by atoms with Crippen molar-refractivity contribution < 1.29 is 4.57 Å². The van der Waals surface area contributed by atoms with Crippen LogP contribution in [-0.4, -0.2) is 100 Å². The summed E-state index contributed by atoms with van der Waals surface area (Å²) >= 11 is 0. The van der Waals surface area contributed by atoms with Crippen molar-refractivity contribution in [3.05, 3.63) is 30.1 Å². The van der Waals surface area contributed by atoms with Crippen LogP contribution < -0.4 is 4.57 Å². The molecule has 0 amide bonds. The molecule has 0 atom stereocenters. The molecule has 34 heavy (non-hydrogen) atoms. The smallest absolute Gasteiger partial charge is 0.168 e. The molecule has 0 bridgehead atoms. The van der Waals surface area contributed by atoms with Gasteiger partial charge in [0.25, 0.3) is 0 Å². The minimum Gasteiger partial charge on any atom is -0.306 e. The van der Waals surface area contributed by atoms with Crippen LogP contribution in [0, 0.1) is 12.8 Å². The summed E-state index contributed by atoms with van der Waals surface area (Å²) in [6.07, 6.45) is 9.70. The van der Waals surface area contributed by atoms with Crippen LogP contribution in [0.15, 0.2) is 24.5 Å². The molecule has 0 saturated carbocycles. The molecule has 1 aromatic rings. The van der Waals surface area contributed by atoms with Gasteiger partial charge in [0.15, 0.2) is 12.4 Å². The Hall–Kier alpha value is -1.01. The highest BCUT2D eigenvalue weighted by atomic mass is 15.2.